The van der Waals surface area contributed by atoms with Crippen molar-refractivity contribution >= 4 is 34.0 Å². The number of hydrogen-bond donors (Lipinski definition) is 0. The molecule has 0 atom stereocenters. The van der Waals surface area contributed by atoms with Crippen LogP contribution in [-0.4, -0.2) is 27.4 Å². The maximum atomic E-state index is 13.2. The summed E-state index contributed by atoms with van der Waals surface area (Å²) in [6.45, 7) is 0.102. The van der Waals surface area contributed by atoms with E-state index in [0.717, 1.165) is 21.5 Å². The minimum Gasteiger partial charge on any atom is -0.495 e. The molecule has 35 heavy (non-hydrogen) atoms. The number of thiophene rings is 1. The van der Waals surface area contributed by atoms with Crippen molar-refractivity contribution in [3.05, 3.63) is 87.0 Å². The Morgan fingerprint density at radius 3 is 2.71 bits per heavy atom. The van der Waals surface area contributed by atoms with Crippen LogP contribution < -0.4 is 16.0 Å². The van der Waals surface area contributed by atoms with Crippen LogP contribution in [0.1, 0.15) is 17.7 Å². The molecule has 10 heteroatoms. The fraction of sp³-hybridized carbons (Fsp3) is 0.120. The predicted molar refractivity (Wildman–Crippen MR) is 134 cm³/mol. The van der Waals surface area contributed by atoms with Crippen molar-refractivity contribution in [1.29, 1.82) is 10.5 Å². The van der Waals surface area contributed by atoms with E-state index >= 15 is 0 Å². The number of aromatic nitrogens is 3. The molecule has 0 N–H and O–H groups in total. The first-order valence-corrected chi connectivity index (χ1v) is 11.2. The Morgan fingerprint density at radius 2 is 2.00 bits per heavy atom. The molecule has 0 radical (unpaired) electrons. The number of ether oxygens (including phenoxy) is 1. The first-order chi connectivity index (χ1) is 17.1. The molecule has 9 nitrogen and oxygen atoms in total. The van der Waals surface area contributed by atoms with Gasteiger partial charge in [-0.05, 0) is 17.7 Å². The fourth-order valence-corrected chi connectivity index (χ4v) is 4.53. The predicted octanol–water partition coefficient (Wildman–Crippen LogP) is 3.63. The monoisotopic (exact) mass is 482 g/mol. The summed E-state index contributed by atoms with van der Waals surface area (Å²) in [5, 5.41) is 18.6. The van der Waals surface area contributed by atoms with Gasteiger partial charge in [0.15, 0.2) is 0 Å². The lowest BCUT2D eigenvalue weighted by Crippen LogP contribution is -2.36. The normalized spacial score (nSPS) is 11.2. The molecule has 0 aliphatic carbocycles. The Hall–Kier alpha value is -4.80. The number of methoxy groups -OCH3 is 1. The lowest BCUT2D eigenvalue weighted by molar-refractivity contribution is 0.413. The average molecular weight is 483 g/mol. The quantitative estimate of drug-likeness (QED) is 0.370. The molecule has 4 aromatic rings. The van der Waals surface area contributed by atoms with E-state index < -0.39 is 11.2 Å². The van der Waals surface area contributed by atoms with Gasteiger partial charge in [-0.3, -0.25) is 14.4 Å². The molecule has 0 fully saturated rings. The van der Waals surface area contributed by atoms with Crippen molar-refractivity contribution < 1.29 is 4.74 Å². The summed E-state index contributed by atoms with van der Waals surface area (Å²) >= 11 is 1.14. The highest BCUT2D eigenvalue weighted by atomic mass is 32.1. The van der Waals surface area contributed by atoms with E-state index in [0.29, 0.717) is 26.4 Å². The molecule has 0 spiro atoms. The Morgan fingerprint density at radius 1 is 1.20 bits per heavy atom. The van der Waals surface area contributed by atoms with Crippen molar-refractivity contribution in [3.63, 3.8) is 0 Å². The first kappa shape index (κ1) is 23.4. The molecule has 0 amide bonds. The molecule has 4 rings (SSSR count). The van der Waals surface area contributed by atoms with Crippen LogP contribution >= 0.6 is 11.3 Å². The second-order valence-electron chi connectivity index (χ2n) is 7.21. The maximum Gasteiger partial charge on any atom is 0.335 e. The first-order valence-electron chi connectivity index (χ1n) is 10.4. The number of rotatable bonds is 7. The van der Waals surface area contributed by atoms with Crippen LogP contribution in [0.3, 0.4) is 0 Å². The van der Waals surface area contributed by atoms with Crippen molar-refractivity contribution in [3.8, 4) is 28.3 Å². The van der Waals surface area contributed by atoms with Gasteiger partial charge in [0.1, 0.15) is 22.2 Å². The number of hydrogen-bond acceptors (Lipinski definition) is 8. The SMILES string of the molecule is COc1cnc(C#N)c(-c2cc3c(s2)c(=O)n(/C=C/N=Cc2ccccc2)c(=O)n3CCC#N)c1. The lowest BCUT2D eigenvalue weighted by Gasteiger charge is -2.07. The standard InChI is InChI=1S/C25H18N6O3S/c1-34-18-12-19(20(14-27)29-16-18)22-13-21-23(35-22)24(32)31(25(33)30(21)10-5-8-26)11-9-28-15-17-6-3-2-4-7-17/h2-4,6-7,9,11-13,15-16H,5,10H2,1H3/b11-9+,28-15?. The van der Waals surface area contributed by atoms with Gasteiger partial charge in [-0.1, -0.05) is 30.3 Å². The largest absolute Gasteiger partial charge is 0.495 e. The topological polar surface area (TPSA) is 126 Å². The van der Waals surface area contributed by atoms with Gasteiger partial charge in [0.2, 0.25) is 0 Å². The summed E-state index contributed by atoms with van der Waals surface area (Å²) in [6, 6.07) is 16.8. The maximum absolute atomic E-state index is 13.2. The van der Waals surface area contributed by atoms with Crippen LogP contribution in [0.2, 0.25) is 0 Å². The van der Waals surface area contributed by atoms with Crippen LogP contribution in [0.25, 0.3) is 26.9 Å². The minimum atomic E-state index is -0.586. The highest BCUT2D eigenvalue weighted by molar-refractivity contribution is 7.22. The number of nitriles is 2. The molecular weight excluding hydrogens is 464 g/mol. The third kappa shape index (κ3) is 4.78. The van der Waals surface area contributed by atoms with Crippen LogP contribution in [0.15, 0.2) is 69.4 Å². The van der Waals surface area contributed by atoms with Crippen molar-refractivity contribution in [2.45, 2.75) is 13.0 Å². The van der Waals surface area contributed by atoms with Crippen molar-refractivity contribution in [2.75, 3.05) is 7.11 Å². The smallest absolute Gasteiger partial charge is 0.335 e. The summed E-state index contributed by atoms with van der Waals surface area (Å²) in [4.78, 5) is 35.3. The summed E-state index contributed by atoms with van der Waals surface area (Å²) < 4.78 is 7.88. The van der Waals surface area contributed by atoms with Crippen molar-refractivity contribution in [2.24, 2.45) is 4.99 Å². The Bertz CT molecular complexity index is 1650. The second kappa shape index (κ2) is 10.4. The molecule has 0 bridgehead atoms. The van der Waals surface area contributed by atoms with E-state index in [-0.39, 0.29) is 18.7 Å². The number of nitrogens with zero attached hydrogens (tertiary/aromatic N) is 6. The average Bonchev–Trinajstić information content (AvgIpc) is 3.34. The zero-order chi connectivity index (χ0) is 24.8. The van der Waals surface area contributed by atoms with Gasteiger partial charge in [0.25, 0.3) is 5.56 Å². The van der Waals surface area contributed by atoms with Crippen molar-refractivity contribution in [1.82, 2.24) is 14.1 Å². The van der Waals surface area contributed by atoms with E-state index in [1.165, 1.54) is 30.3 Å². The number of fused-ring (bicyclic) bond motifs is 1. The number of benzene rings is 1. The van der Waals surface area contributed by atoms with E-state index in [4.69, 9.17) is 10.00 Å². The van der Waals surface area contributed by atoms with E-state index in [2.05, 4.69) is 9.98 Å². The Labute approximate surface area is 203 Å². The zero-order valence-electron chi connectivity index (χ0n) is 18.6. The molecule has 0 saturated carbocycles. The number of pyridine rings is 1. The van der Waals surface area contributed by atoms with Crippen LogP contribution in [0, 0.1) is 22.7 Å². The zero-order valence-corrected chi connectivity index (χ0v) is 19.4. The number of aliphatic imine (C=N–C) groups is 1. The molecule has 0 unspecified atom stereocenters. The summed E-state index contributed by atoms with van der Waals surface area (Å²) in [7, 11) is 1.49. The van der Waals surface area contributed by atoms with Gasteiger partial charge < -0.3 is 4.74 Å². The second-order valence-corrected chi connectivity index (χ2v) is 8.26. The van der Waals surface area contributed by atoms with Gasteiger partial charge >= 0.3 is 5.69 Å². The Kier molecular flexibility index (Phi) is 6.96. The van der Waals surface area contributed by atoms with Gasteiger partial charge in [-0.25, -0.2) is 14.3 Å². The molecule has 1 aromatic carbocycles. The van der Waals surface area contributed by atoms with Crippen LogP contribution in [0.5, 0.6) is 5.75 Å². The molecule has 3 heterocycles. The molecule has 0 aliphatic rings. The number of aryl methyl sites for hydroxylation is 1. The summed E-state index contributed by atoms with van der Waals surface area (Å²) in [5.74, 6) is 0.454. The molecule has 172 valence electrons. The molecule has 0 saturated heterocycles. The Balaban J connectivity index is 1.86. The fourth-order valence-electron chi connectivity index (χ4n) is 3.41. The van der Waals surface area contributed by atoms with E-state index in [1.54, 1.807) is 18.3 Å². The summed E-state index contributed by atoms with van der Waals surface area (Å²) in [6.07, 6.45) is 5.80. The van der Waals surface area contributed by atoms with Gasteiger partial charge in [-0.2, -0.15) is 10.5 Å². The van der Waals surface area contributed by atoms with E-state index in [9.17, 15) is 14.9 Å². The lowest BCUT2D eigenvalue weighted by atomic mass is 10.1. The third-order valence-electron chi connectivity index (χ3n) is 5.10. The minimum absolute atomic E-state index is 0.0818. The van der Waals surface area contributed by atoms with Gasteiger partial charge in [-0.15, -0.1) is 11.3 Å². The van der Waals surface area contributed by atoms with Crippen LogP contribution in [0.4, 0.5) is 0 Å². The van der Waals surface area contributed by atoms with Gasteiger partial charge in [0, 0.05) is 35.6 Å². The van der Waals surface area contributed by atoms with E-state index in [1.807, 2.05) is 42.5 Å². The van der Waals surface area contributed by atoms with Gasteiger partial charge in [0.05, 0.1) is 31.3 Å². The molecular formula is C25H18N6O3S. The molecule has 3 aromatic heterocycles. The third-order valence-corrected chi connectivity index (χ3v) is 6.24. The summed E-state index contributed by atoms with van der Waals surface area (Å²) in [5.41, 5.74) is 0.807. The molecule has 0 aliphatic heterocycles. The highest BCUT2D eigenvalue weighted by Gasteiger charge is 2.18. The van der Waals surface area contributed by atoms with Crippen LogP contribution in [-0.2, 0) is 6.54 Å². The highest BCUT2D eigenvalue weighted by Crippen LogP contribution is 2.34.